The maximum Gasteiger partial charge on any atom is 0.185 e. The van der Waals surface area contributed by atoms with E-state index in [4.69, 9.17) is 5.11 Å². The molecule has 0 amide bonds. The van der Waals surface area contributed by atoms with Crippen LogP contribution in [0.3, 0.4) is 0 Å². The Morgan fingerprint density at radius 1 is 1.35 bits per heavy atom. The van der Waals surface area contributed by atoms with Gasteiger partial charge in [-0.2, -0.15) is 0 Å². The smallest absolute Gasteiger partial charge is 0.185 e. The Morgan fingerprint density at radius 2 is 2.00 bits per heavy atom. The summed E-state index contributed by atoms with van der Waals surface area (Å²) < 4.78 is 0. The van der Waals surface area contributed by atoms with Gasteiger partial charge in [0.25, 0.3) is 0 Å². The van der Waals surface area contributed by atoms with Crippen molar-refractivity contribution < 1.29 is 19.8 Å². The number of carbonyl (C=O) groups excluding carboxylic acids is 2. The van der Waals surface area contributed by atoms with Crippen LogP contribution in [-0.2, 0) is 10.2 Å². The molecule has 0 aromatic heterocycles. The van der Waals surface area contributed by atoms with Crippen molar-refractivity contribution in [3.05, 3.63) is 41.0 Å². The predicted octanol–water partition coefficient (Wildman–Crippen LogP) is 2.09. The van der Waals surface area contributed by atoms with Gasteiger partial charge in [-0.3, -0.25) is 9.59 Å². The summed E-state index contributed by atoms with van der Waals surface area (Å²) in [6, 6.07) is 3.11. The minimum Gasteiger partial charge on any atom is -0.508 e. The van der Waals surface area contributed by atoms with E-state index in [9.17, 15) is 14.7 Å². The van der Waals surface area contributed by atoms with E-state index in [1.54, 1.807) is 13.0 Å². The van der Waals surface area contributed by atoms with Gasteiger partial charge in [-0.15, -0.1) is 0 Å². The molecular weight excluding hydrogens is 256 g/mol. The number of phenolic OH excluding ortho intramolecular Hbond substituents is 1. The van der Waals surface area contributed by atoms with Crippen molar-refractivity contribution in [3.63, 3.8) is 0 Å². The lowest BCUT2D eigenvalue weighted by atomic mass is 9.75. The molecule has 0 saturated carbocycles. The highest BCUT2D eigenvalue weighted by Gasteiger charge is 2.30. The van der Waals surface area contributed by atoms with Gasteiger partial charge < -0.3 is 10.2 Å². The average molecular weight is 274 g/mol. The fourth-order valence-electron chi connectivity index (χ4n) is 2.46. The molecule has 1 aromatic carbocycles. The summed E-state index contributed by atoms with van der Waals surface area (Å²) in [6.07, 6.45) is 3.32. The number of allylic oxidation sites excluding steroid dienone is 2. The molecule has 1 aliphatic carbocycles. The van der Waals surface area contributed by atoms with Crippen LogP contribution >= 0.6 is 0 Å². The van der Waals surface area contributed by atoms with Crippen molar-refractivity contribution in [1.29, 1.82) is 0 Å². The van der Waals surface area contributed by atoms with E-state index in [1.165, 1.54) is 12.1 Å². The first-order valence-electron chi connectivity index (χ1n) is 6.52. The Labute approximate surface area is 117 Å². The molecular formula is C16H18O4. The van der Waals surface area contributed by atoms with Gasteiger partial charge in [-0.05, 0) is 23.8 Å². The second-order valence-electron chi connectivity index (χ2n) is 5.72. The molecule has 0 saturated heterocycles. The third kappa shape index (κ3) is 2.27. The summed E-state index contributed by atoms with van der Waals surface area (Å²) in [5.41, 5.74) is 1.35. The van der Waals surface area contributed by atoms with Crippen LogP contribution in [0.15, 0.2) is 24.3 Å². The van der Waals surface area contributed by atoms with Gasteiger partial charge in [0.15, 0.2) is 11.6 Å². The van der Waals surface area contributed by atoms with E-state index >= 15 is 0 Å². The zero-order valence-corrected chi connectivity index (χ0v) is 11.8. The van der Waals surface area contributed by atoms with Crippen molar-refractivity contribution in [1.82, 2.24) is 0 Å². The molecule has 0 spiro atoms. The molecule has 0 aliphatic heterocycles. The van der Waals surface area contributed by atoms with E-state index in [-0.39, 0.29) is 22.7 Å². The zero-order chi connectivity index (χ0) is 15.1. The van der Waals surface area contributed by atoms with Gasteiger partial charge in [-0.1, -0.05) is 26.8 Å². The van der Waals surface area contributed by atoms with Crippen LogP contribution in [-0.4, -0.2) is 28.4 Å². The molecule has 0 radical (unpaired) electrons. The highest BCUT2D eigenvalue weighted by Crippen LogP contribution is 2.38. The van der Waals surface area contributed by atoms with Gasteiger partial charge in [0.2, 0.25) is 0 Å². The summed E-state index contributed by atoms with van der Waals surface area (Å²) in [5.74, 6) is -1.21. The van der Waals surface area contributed by atoms with Crippen molar-refractivity contribution in [2.75, 3.05) is 6.61 Å². The van der Waals surface area contributed by atoms with E-state index in [1.807, 2.05) is 19.9 Å². The SMILES string of the molecule is CC(C(=O)CO)c1cc2c(cc1O)C(=O)C=CC2(C)C. The third-order valence-corrected chi connectivity index (χ3v) is 3.88. The van der Waals surface area contributed by atoms with Crippen molar-refractivity contribution in [2.45, 2.75) is 32.1 Å². The number of benzene rings is 1. The highest BCUT2D eigenvalue weighted by atomic mass is 16.3. The van der Waals surface area contributed by atoms with Crippen molar-refractivity contribution in [2.24, 2.45) is 0 Å². The summed E-state index contributed by atoms with van der Waals surface area (Å²) in [5, 5.41) is 19.0. The monoisotopic (exact) mass is 274 g/mol. The molecule has 2 N–H and O–H groups in total. The van der Waals surface area contributed by atoms with E-state index < -0.39 is 12.5 Å². The Balaban J connectivity index is 2.61. The van der Waals surface area contributed by atoms with Crippen LogP contribution < -0.4 is 0 Å². The lowest BCUT2D eigenvalue weighted by Crippen LogP contribution is -2.23. The Kier molecular flexibility index (Phi) is 3.52. The summed E-state index contributed by atoms with van der Waals surface area (Å²) in [6.45, 7) is 5.00. The number of aromatic hydroxyl groups is 1. The lowest BCUT2D eigenvalue weighted by Gasteiger charge is -2.28. The molecule has 1 aromatic rings. The number of aliphatic hydroxyl groups excluding tert-OH is 1. The molecule has 4 heteroatoms. The van der Waals surface area contributed by atoms with Crippen LogP contribution in [0.4, 0.5) is 0 Å². The average Bonchev–Trinajstić information content (AvgIpc) is 2.41. The van der Waals surface area contributed by atoms with Crippen LogP contribution in [0.5, 0.6) is 5.75 Å². The van der Waals surface area contributed by atoms with Crippen molar-refractivity contribution in [3.8, 4) is 5.75 Å². The lowest BCUT2D eigenvalue weighted by molar-refractivity contribution is -0.122. The zero-order valence-electron chi connectivity index (χ0n) is 11.8. The first-order valence-corrected chi connectivity index (χ1v) is 6.52. The number of fused-ring (bicyclic) bond motifs is 1. The standard InChI is InChI=1S/C16H18O4/c1-9(15(20)8-17)10-6-12-11(7-14(10)19)13(18)4-5-16(12,2)3/h4-7,9,17,19H,8H2,1-3H3. The number of Topliss-reactive ketones (excluding diaryl/α,β-unsaturated/α-hetero) is 1. The Bertz CT molecular complexity index is 611. The number of carbonyl (C=O) groups is 2. The fraction of sp³-hybridized carbons (Fsp3) is 0.375. The normalized spacial score (nSPS) is 17.7. The largest absolute Gasteiger partial charge is 0.508 e. The number of phenols is 1. The molecule has 20 heavy (non-hydrogen) atoms. The molecule has 1 atom stereocenters. The number of ketones is 2. The molecule has 0 bridgehead atoms. The number of rotatable bonds is 3. The topological polar surface area (TPSA) is 74.6 Å². The number of hydrogen-bond donors (Lipinski definition) is 2. The van der Waals surface area contributed by atoms with Gasteiger partial charge in [0.05, 0.1) is 0 Å². The minimum absolute atomic E-state index is 0.0856. The predicted molar refractivity (Wildman–Crippen MR) is 75.1 cm³/mol. The summed E-state index contributed by atoms with van der Waals surface area (Å²) in [4.78, 5) is 23.5. The maximum absolute atomic E-state index is 11.9. The Hall–Kier alpha value is -1.94. The van der Waals surface area contributed by atoms with Gasteiger partial charge in [0, 0.05) is 22.5 Å². The van der Waals surface area contributed by atoms with Crippen molar-refractivity contribution >= 4 is 11.6 Å². The van der Waals surface area contributed by atoms with Crippen LogP contribution in [0.25, 0.3) is 0 Å². The Morgan fingerprint density at radius 3 is 2.60 bits per heavy atom. The first-order chi connectivity index (χ1) is 9.27. The summed E-state index contributed by atoms with van der Waals surface area (Å²) in [7, 11) is 0. The number of aliphatic hydroxyl groups is 1. The second-order valence-corrected chi connectivity index (χ2v) is 5.72. The molecule has 2 rings (SSSR count). The molecule has 1 aliphatic rings. The molecule has 106 valence electrons. The molecule has 4 nitrogen and oxygen atoms in total. The maximum atomic E-state index is 11.9. The number of hydrogen-bond acceptors (Lipinski definition) is 4. The molecule has 0 fully saturated rings. The van der Waals surface area contributed by atoms with Crippen LogP contribution in [0.2, 0.25) is 0 Å². The summed E-state index contributed by atoms with van der Waals surface area (Å²) >= 11 is 0. The first kappa shape index (κ1) is 14.5. The highest BCUT2D eigenvalue weighted by molar-refractivity contribution is 6.08. The quantitative estimate of drug-likeness (QED) is 0.885. The molecule has 0 heterocycles. The molecule has 1 unspecified atom stereocenters. The van der Waals surface area contributed by atoms with Crippen LogP contribution in [0, 0.1) is 0 Å². The van der Waals surface area contributed by atoms with E-state index in [0.29, 0.717) is 11.1 Å². The third-order valence-electron chi connectivity index (χ3n) is 3.88. The van der Waals surface area contributed by atoms with Gasteiger partial charge >= 0.3 is 0 Å². The van der Waals surface area contributed by atoms with E-state index in [2.05, 4.69) is 0 Å². The fourth-order valence-corrected chi connectivity index (χ4v) is 2.46. The minimum atomic E-state index is -0.609. The van der Waals surface area contributed by atoms with E-state index in [0.717, 1.165) is 5.56 Å². The second kappa shape index (κ2) is 4.87. The van der Waals surface area contributed by atoms with Gasteiger partial charge in [0.1, 0.15) is 12.4 Å². The van der Waals surface area contributed by atoms with Crippen LogP contribution in [0.1, 0.15) is 48.2 Å². The van der Waals surface area contributed by atoms with Gasteiger partial charge in [-0.25, -0.2) is 0 Å².